The monoisotopic (exact) mass is 650 g/mol. The smallest absolute Gasteiger partial charge is 0.406 e. The first-order valence-electron chi connectivity index (χ1n) is 14.8. The summed E-state index contributed by atoms with van der Waals surface area (Å²) in [4.78, 5) is 35.4. The topological polar surface area (TPSA) is 102 Å². The van der Waals surface area contributed by atoms with Crippen LogP contribution in [-0.2, 0) is 4.79 Å². The maximum absolute atomic E-state index is 12.7. The quantitative estimate of drug-likeness (QED) is 0.177. The average molecular weight is 651 g/mol. The summed E-state index contributed by atoms with van der Waals surface area (Å²) in [6, 6.07) is 20.4. The second-order valence-corrected chi connectivity index (χ2v) is 12.0. The Balaban J connectivity index is 1.11. The van der Waals surface area contributed by atoms with Crippen LogP contribution in [0.1, 0.15) is 56.6 Å². The molecule has 240 valence electrons. The number of para-hydroxylation sites is 1. The zero-order valence-electron chi connectivity index (χ0n) is 25.5. The molecular formula is C33H33F3N6O3S. The molecule has 1 aliphatic heterocycles. The van der Waals surface area contributed by atoms with E-state index in [1.54, 1.807) is 4.90 Å². The summed E-state index contributed by atoms with van der Waals surface area (Å²) in [5.41, 5.74) is 4.24. The fourth-order valence-electron chi connectivity index (χ4n) is 5.04. The molecule has 4 aromatic rings. The molecule has 1 aromatic heterocycles. The predicted octanol–water partition coefficient (Wildman–Crippen LogP) is 7.69. The Morgan fingerprint density at radius 3 is 2.46 bits per heavy atom. The van der Waals surface area contributed by atoms with Gasteiger partial charge in [-0.1, -0.05) is 75.0 Å². The van der Waals surface area contributed by atoms with Crippen LogP contribution in [0.3, 0.4) is 0 Å². The summed E-state index contributed by atoms with van der Waals surface area (Å²) in [7, 11) is 0. The van der Waals surface area contributed by atoms with Crippen molar-refractivity contribution >= 4 is 34.6 Å². The van der Waals surface area contributed by atoms with E-state index in [4.69, 9.17) is 0 Å². The van der Waals surface area contributed by atoms with Gasteiger partial charge >= 0.3 is 12.4 Å². The Kier molecular flexibility index (Phi) is 10.1. The molecule has 46 heavy (non-hydrogen) atoms. The van der Waals surface area contributed by atoms with Crippen LogP contribution in [0.4, 0.5) is 23.7 Å². The van der Waals surface area contributed by atoms with Crippen LogP contribution in [-0.4, -0.2) is 50.5 Å². The standard InChI is InChI=1S/C33H33F3N6O3S/c1-21(2)27-8-4-5-9-28(27)42-29(43)19-46-32(42)39-31(44)37-18-6-7-22(3)23-10-12-24(13-11-23)30-38-20-41(40-30)25-14-16-26(17-15-25)45-33(34,35)36/h4-5,8-17,20-22H,6-7,18-19H2,1-3H3,(H,37,44). The Morgan fingerprint density at radius 2 is 1.76 bits per heavy atom. The number of amidine groups is 1. The molecule has 3 aromatic carbocycles. The molecule has 0 saturated carbocycles. The van der Waals surface area contributed by atoms with Crippen molar-refractivity contribution in [2.75, 3.05) is 17.2 Å². The number of amides is 3. The van der Waals surface area contributed by atoms with Gasteiger partial charge in [0.25, 0.3) is 0 Å². The minimum atomic E-state index is -4.75. The molecule has 13 heteroatoms. The van der Waals surface area contributed by atoms with E-state index in [2.05, 4.69) is 45.9 Å². The van der Waals surface area contributed by atoms with E-state index in [1.807, 2.05) is 48.5 Å². The van der Waals surface area contributed by atoms with Gasteiger partial charge in [-0.25, -0.2) is 14.5 Å². The number of aromatic nitrogens is 3. The molecule has 0 aliphatic carbocycles. The summed E-state index contributed by atoms with van der Waals surface area (Å²) in [6.45, 7) is 6.68. The lowest BCUT2D eigenvalue weighted by atomic mass is 9.95. The third-order valence-corrected chi connectivity index (χ3v) is 8.34. The van der Waals surface area contributed by atoms with Gasteiger partial charge in [-0.2, -0.15) is 4.99 Å². The highest BCUT2D eigenvalue weighted by atomic mass is 32.2. The molecule has 9 nitrogen and oxygen atoms in total. The minimum Gasteiger partial charge on any atom is -0.406 e. The van der Waals surface area contributed by atoms with Crippen molar-refractivity contribution in [2.24, 2.45) is 4.99 Å². The van der Waals surface area contributed by atoms with Gasteiger partial charge < -0.3 is 10.1 Å². The third-order valence-electron chi connectivity index (χ3n) is 7.42. The fraction of sp³-hybridized carbons (Fsp3) is 0.303. The lowest BCUT2D eigenvalue weighted by Crippen LogP contribution is -2.32. The van der Waals surface area contributed by atoms with E-state index < -0.39 is 12.4 Å². The maximum atomic E-state index is 12.7. The molecular weight excluding hydrogens is 617 g/mol. The van der Waals surface area contributed by atoms with Crippen LogP contribution in [0.5, 0.6) is 5.75 Å². The highest BCUT2D eigenvalue weighted by Crippen LogP contribution is 2.33. The molecule has 1 unspecified atom stereocenters. The summed E-state index contributed by atoms with van der Waals surface area (Å²) in [6.07, 6.45) is -1.68. The number of alkyl halides is 3. The zero-order valence-corrected chi connectivity index (χ0v) is 26.3. The van der Waals surface area contributed by atoms with E-state index in [0.717, 1.165) is 35.2 Å². The largest absolute Gasteiger partial charge is 0.573 e. The maximum Gasteiger partial charge on any atom is 0.573 e. The molecule has 2 heterocycles. The van der Waals surface area contributed by atoms with E-state index in [-0.39, 0.29) is 29.2 Å². The Bertz CT molecular complexity index is 1700. The zero-order chi connectivity index (χ0) is 32.8. The molecule has 0 bridgehead atoms. The number of anilines is 1. The van der Waals surface area contributed by atoms with Crippen molar-refractivity contribution in [1.29, 1.82) is 0 Å². The first-order chi connectivity index (χ1) is 22.0. The Hall–Kier alpha value is -4.65. The predicted molar refractivity (Wildman–Crippen MR) is 172 cm³/mol. The van der Waals surface area contributed by atoms with E-state index >= 15 is 0 Å². The second kappa shape index (κ2) is 14.2. The first kappa shape index (κ1) is 32.7. The SMILES string of the molecule is CC(C)c1ccccc1N1C(=O)CSC1=NC(=O)NCCCC(C)c1ccc(-c2ncn(-c3ccc(OC(F)(F)F)cc3)n2)cc1. The van der Waals surface area contributed by atoms with Crippen molar-refractivity contribution in [2.45, 2.75) is 51.8 Å². The van der Waals surface area contributed by atoms with E-state index in [0.29, 0.717) is 23.2 Å². The van der Waals surface area contributed by atoms with Gasteiger partial charge in [0.2, 0.25) is 5.91 Å². The Labute approximate surface area is 268 Å². The van der Waals surface area contributed by atoms with Crippen molar-refractivity contribution in [3.63, 3.8) is 0 Å². The number of aliphatic imine (C=N–C) groups is 1. The normalized spacial score (nSPS) is 15.1. The number of carbonyl (C=O) groups excluding carboxylic acids is 2. The number of carbonyl (C=O) groups is 2. The van der Waals surface area contributed by atoms with E-state index in [9.17, 15) is 22.8 Å². The van der Waals surface area contributed by atoms with Gasteiger partial charge in [0.05, 0.1) is 17.1 Å². The van der Waals surface area contributed by atoms with Crippen LogP contribution < -0.4 is 15.0 Å². The van der Waals surface area contributed by atoms with Crippen LogP contribution in [0.2, 0.25) is 0 Å². The number of thioether (sulfide) groups is 1. The van der Waals surface area contributed by atoms with Gasteiger partial charge in [0.15, 0.2) is 11.0 Å². The van der Waals surface area contributed by atoms with Crippen LogP contribution in [0.25, 0.3) is 17.1 Å². The number of benzene rings is 3. The number of hydrogen-bond acceptors (Lipinski definition) is 6. The van der Waals surface area contributed by atoms with Crippen LogP contribution in [0.15, 0.2) is 84.1 Å². The van der Waals surface area contributed by atoms with Crippen LogP contribution in [0, 0.1) is 0 Å². The van der Waals surface area contributed by atoms with E-state index in [1.165, 1.54) is 47.0 Å². The van der Waals surface area contributed by atoms with Crippen molar-refractivity contribution in [3.8, 4) is 22.8 Å². The number of nitrogens with zero attached hydrogens (tertiary/aromatic N) is 5. The molecule has 5 rings (SSSR count). The number of hydrogen-bond donors (Lipinski definition) is 1. The molecule has 1 fully saturated rings. The van der Waals surface area contributed by atoms with Crippen molar-refractivity contribution in [1.82, 2.24) is 20.1 Å². The van der Waals surface area contributed by atoms with Gasteiger partial charge in [-0.3, -0.25) is 9.69 Å². The number of halogens is 3. The molecule has 1 saturated heterocycles. The number of urea groups is 1. The first-order valence-corrected chi connectivity index (χ1v) is 15.8. The summed E-state index contributed by atoms with van der Waals surface area (Å²) in [5.74, 6) is 0.752. The van der Waals surface area contributed by atoms with Crippen molar-refractivity contribution in [3.05, 3.63) is 90.3 Å². The Morgan fingerprint density at radius 1 is 1.04 bits per heavy atom. The fourth-order valence-corrected chi connectivity index (χ4v) is 5.90. The molecule has 0 radical (unpaired) electrons. The van der Waals surface area contributed by atoms with Crippen molar-refractivity contribution < 1.29 is 27.5 Å². The molecule has 3 amide bonds. The number of rotatable bonds is 10. The molecule has 1 aliphatic rings. The number of ether oxygens (including phenoxy) is 1. The van der Waals surface area contributed by atoms with Gasteiger partial charge in [0, 0.05) is 12.1 Å². The highest BCUT2D eigenvalue weighted by Gasteiger charge is 2.32. The summed E-state index contributed by atoms with van der Waals surface area (Å²) < 4.78 is 42.6. The second-order valence-electron chi connectivity index (χ2n) is 11.1. The average Bonchev–Trinajstić information content (AvgIpc) is 3.66. The van der Waals surface area contributed by atoms with Gasteiger partial charge in [0.1, 0.15) is 12.1 Å². The molecule has 1 atom stereocenters. The lowest BCUT2D eigenvalue weighted by Gasteiger charge is -2.21. The van der Waals surface area contributed by atoms with Crippen LogP contribution >= 0.6 is 11.8 Å². The highest BCUT2D eigenvalue weighted by molar-refractivity contribution is 8.15. The molecule has 0 spiro atoms. The minimum absolute atomic E-state index is 0.0956. The number of nitrogens with one attached hydrogen (secondary N) is 1. The third kappa shape index (κ3) is 8.13. The summed E-state index contributed by atoms with van der Waals surface area (Å²) >= 11 is 1.26. The van der Waals surface area contributed by atoms with Gasteiger partial charge in [-0.15, -0.1) is 18.3 Å². The van der Waals surface area contributed by atoms with Gasteiger partial charge in [-0.05, 0) is 66.1 Å². The lowest BCUT2D eigenvalue weighted by molar-refractivity contribution is -0.274. The molecule has 1 N–H and O–H groups in total. The summed E-state index contributed by atoms with van der Waals surface area (Å²) in [5, 5.41) is 7.68.